The van der Waals surface area contributed by atoms with Gasteiger partial charge in [-0.3, -0.25) is 0 Å². The highest BCUT2D eigenvalue weighted by atomic mass is 35.5. The van der Waals surface area contributed by atoms with Crippen LogP contribution in [-0.2, 0) is 11.2 Å². The second-order valence-corrected chi connectivity index (χ2v) is 5.50. The number of fused-ring (bicyclic) bond motifs is 1. The predicted molar refractivity (Wildman–Crippen MR) is 73.1 cm³/mol. The van der Waals surface area contributed by atoms with Gasteiger partial charge in [-0.25, -0.2) is 4.99 Å². The molecular formula is C14H17ClN2O. The Labute approximate surface area is 112 Å². The summed E-state index contributed by atoms with van der Waals surface area (Å²) in [7, 11) is 0. The number of nitrogens with zero attached hydrogens (tertiary/aromatic N) is 1. The topological polar surface area (TPSA) is 47.6 Å². The van der Waals surface area contributed by atoms with Crippen molar-refractivity contribution in [1.29, 1.82) is 0 Å². The average molecular weight is 265 g/mol. The van der Waals surface area contributed by atoms with Gasteiger partial charge in [-0.05, 0) is 24.5 Å². The summed E-state index contributed by atoms with van der Waals surface area (Å²) in [5, 5.41) is 0.773. The van der Waals surface area contributed by atoms with Crippen molar-refractivity contribution in [1.82, 2.24) is 0 Å². The monoisotopic (exact) mass is 264 g/mol. The van der Waals surface area contributed by atoms with Crippen molar-refractivity contribution >= 4 is 17.5 Å². The molecule has 0 amide bonds. The average Bonchev–Trinajstić information content (AvgIpc) is 2.73. The van der Waals surface area contributed by atoms with Crippen LogP contribution in [0.5, 0.6) is 0 Å². The van der Waals surface area contributed by atoms with Gasteiger partial charge in [-0.1, -0.05) is 29.8 Å². The lowest BCUT2D eigenvalue weighted by Gasteiger charge is -2.26. The minimum Gasteiger partial charge on any atom is -0.475 e. The first-order valence-corrected chi connectivity index (χ1v) is 6.82. The highest BCUT2D eigenvalue weighted by Crippen LogP contribution is 2.29. The van der Waals surface area contributed by atoms with Gasteiger partial charge in [0.15, 0.2) is 5.90 Å². The molecule has 1 aromatic rings. The zero-order chi connectivity index (χ0) is 12.5. The molecule has 0 radical (unpaired) electrons. The van der Waals surface area contributed by atoms with Crippen molar-refractivity contribution in [3.05, 3.63) is 34.9 Å². The molecule has 18 heavy (non-hydrogen) atoms. The normalized spacial score (nSPS) is 30.6. The number of nitrogens with two attached hydrogens (primary N) is 1. The van der Waals surface area contributed by atoms with Crippen LogP contribution in [0.2, 0.25) is 5.02 Å². The summed E-state index contributed by atoms with van der Waals surface area (Å²) < 4.78 is 5.91. The third kappa shape index (κ3) is 2.38. The molecule has 0 bridgehead atoms. The highest BCUT2D eigenvalue weighted by molar-refractivity contribution is 6.31. The summed E-state index contributed by atoms with van der Waals surface area (Å²) in [6, 6.07) is 8.40. The Kier molecular flexibility index (Phi) is 3.27. The van der Waals surface area contributed by atoms with Gasteiger partial charge in [-0.2, -0.15) is 0 Å². The fourth-order valence-electron chi connectivity index (χ4n) is 2.70. The molecular weight excluding hydrogens is 248 g/mol. The zero-order valence-electron chi connectivity index (χ0n) is 10.2. The number of hydrogen-bond acceptors (Lipinski definition) is 3. The third-order valence-electron chi connectivity index (χ3n) is 3.69. The Morgan fingerprint density at radius 1 is 1.33 bits per heavy atom. The molecule has 0 aromatic heterocycles. The largest absolute Gasteiger partial charge is 0.475 e. The van der Waals surface area contributed by atoms with Gasteiger partial charge >= 0.3 is 0 Å². The van der Waals surface area contributed by atoms with E-state index >= 15 is 0 Å². The second kappa shape index (κ2) is 4.90. The first kappa shape index (κ1) is 12.0. The first-order chi connectivity index (χ1) is 8.72. The summed E-state index contributed by atoms with van der Waals surface area (Å²) in [6.45, 7) is 0. The fourth-order valence-corrected chi connectivity index (χ4v) is 2.90. The number of ether oxygens (including phenoxy) is 1. The molecule has 3 atom stereocenters. The van der Waals surface area contributed by atoms with E-state index < -0.39 is 0 Å². The van der Waals surface area contributed by atoms with Crippen molar-refractivity contribution in [3.8, 4) is 0 Å². The van der Waals surface area contributed by atoms with E-state index in [9.17, 15) is 0 Å². The molecule has 1 aliphatic heterocycles. The molecule has 0 saturated heterocycles. The molecule has 1 heterocycles. The smallest absolute Gasteiger partial charge is 0.188 e. The standard InChI is InChI=1S/C14H17ClN2O/c15-11-4-2-1-3-9(11)7-14-17-12-6-5-10(16)8-13(12)18-14/h1-4,10,12-13H,5-8,16H2. The van der Waals surface area contributed by atoms with E-state index in [4.69, 9.17) is 22.1 Å². The number of rotatable bonds is 2. The van der Waals surface area contributed by atoms with E-state index in [0.717, 1.165) is 35.7 Å². The molecule has 3 nitrogen and oxygen atoms in total. The molecule has 96 valence electrons. The molecule has 2 aliphatic rings. The molecule has 2 N–H and O–H groups in total. The van der Waals surface area contributed by atoms with Gasteiger partial charge in [0, 0.05) is 17.5 Å². The Morgan fingerprint density at radius 2 is 2.17 bits per heavy atom. The molecule has 1 aromatic carbocycles. The van der Waals surface area contributed by atoms with E-state index in [1.54, 1.807) is 0 Å². The third-order valence-corrected chi connectivity index (χ3v) is 4.06. The lowest BCUT2D eigenvalue weighted by atomic mass is 9.90. The van der Waals surface area contributed by atoms with E-state index in [-0.39, 0.29) is 12.1 Å². The van der Waals surface area contributed by atoms with E-state index in [1.165, 1.54) is 0 Å². The number of hydrogen-bond donors (Lipinski definition) is 1. The summed E-state index contributed by atoms with van der Waals surface area (Å²) in [5.41, 5.74) is 7.03. The lowest BCUT2D eigenvalue weighted by Crippen LogP contribution is -2.38. The summed E-state index contributed by atoms with van der Waals surface area (Å²) in [6.07, 6.45) is 3.87. The van der Waals surface area contributed by atoms with E-state index in [0.29, 0.717) is 12.5 Å². The lowest BCUT2D eigenvalue weighted by molar-refractivity contribution is 0.139. The first-order valence-electron chi connectivity index (χ1n) is 6.44. The van der Waals surface area contributed by atoms with Crippen LogP contribution in [0.3, 0.4) is 0 Å². The SMILES string of the molecule is NC1CCC2N=C(Cc3ccccc3Cl)OC2C1. The summed E-state index contributed by atoms with van der Waals surface area (Å²) in [4.78, 5) is 4.66. The summed E-state index contributed by atoms with van der Waals surface area (Å²) in [5.74, 6) is 0.812. The number of benzene rings is 1. The van der Waals surface area contributed by atoms with Crippen LogP contribution >= 0.6 is 11.6 Å². The molecule has 0 spiro atoms. The Hall–Kier alpha value is -1.06. The van der Waals surface area contributed by atoms with Crippen molar-refractivity contribution in [3.63, 3.8) is 0 Å². The highest BCUT2D eigenvalue weighted by Gasteiger charge is 2.35. The van der Waals surface area contributed by atoms with Gasteiger partial charge in [0.1, 0.15) is 6.10 Å². The molecule has 1 aliphatic carbocycles. The van der Waals surface area contributed by atoms with Crippen molar-refractivity contribution in [2.24, 2.45) is 10.7 Å². The Bertz CT molecular complexity index is 475. The van der Waals surface area contributed by atoms with Gasteiger partial charge in [0.05, 0.1) is 12.5 Å². The quantitative estimate of drug-likeness (QED) is 0.892. The maximum absolute atomic E-state index is 6.15. The van der Waals surface area contributed by atoms with Crippen molar-refractivity contribution in [2.75, 3.05) is 0 Å². The molecule has 4 heteroatoms. The number of halogens is 1. The maximum atomic E-state index is 6.15. The van der Waals surface area contributed by atoms with Gasteiger partial charge in [-0.15, -0.1) is 0 Å². The van der Waals surface area contributed by atoms with E-state index in [2.05, 4.69) is 4.99 Å². The van der Waals surface area contributed by atoms with Crippen LogP contribution in [-0.4, -0.2) is 24.1 Å². The molecule has 1 fully saturated rings. The maximum Gasteiger partial charge on any atom is 0.188 e. The van der Waals surface area contributed by atoms with Crippen LogP contribution in [0.4, 0.5) is 0 Å². The second-order valence-electron chi connectivity index (χ2n) is 5.09. The summed E-state index contributed by atoms with van der Waals surface area (Å²) >= 11 is 6.15. The van der Waals surface area contributed by atoms with Gasteiger partial charge in [0.2, 0.25) is 0 Å². The van der Waals surface area contributed by atoms with Crippen molar-refractivity contribution < 1.29 is 4.74 Å². The van der Waals surface area contributed by atoms with Crippen LogP contribution in [0.15, 0.2) is 29.3 Å². The van der Waals surface area contributed by atoms with Crippen LogP contribution in [0.1, 0.15) is 24.8 Å². The van der Waals surface area contributed by atoms with E-state index in [1.807, 2.05) is 24.3 Å². The minimum absolute atomic E-state index is 0.186. The van der Waals surface area contributed by atoms with Crippen LogP contribution in [0, 0.1) is 0 Å². The van der Waals surface area contributed by atoms with Gasteiger partial charge < -0.3 is 10.5 Å². The molecule has 3 unspecified atom stereocenters. The predicted octanol–water partition coefficient (Wildman–Crippen LogP) is 2.56. The zero-order valence-corrected chi connectivity index (χ0v) is 10.9. The van der Waals surface area contributed by atoms with Crippen molar-refractivity contribution in [2.45, 2.75) is 43.9 Å². The van der Waals surface area contributed by atoms with Gasteiger partial charge in [0.25, 0.3) is 0 Å². The fraction of sp³-hybridized carbons (Fsp3) is 0.500. The minimum atomic E-state index is 0.186. The number of aliphatic imine (C=N–C) groups is 1. The Morgan fingerprint density at radius 3 is 3.00 bits per heavy atom. The van der Waals surface area contributed by atoms with Crippen LogP contribution in [0.25, 0.3) is 0 Å². The molecule has 3 rings (SSSR count). The Balaban J connectivity index is 1.70. The molecule has 1 saturated carbocycles. The van der Waals surface area contributed by atoms with Crippen LogP contribution < -0.4 is 5.73 Å².